The number of para-hydroxylation sites is 1. The number of fused-ring (bicyclic) bond motifs is 1. The molecule has 3 nitrogen and oxygen atoms in total. The molecule has 0 bridgehead atoms. The van der Waals surface area contributed by atoms with Crippen LogP contribution in [0.4, 0.5) is 5.69 Å². The van der Waals surface area contributed by atoms with E-state index in [4.69, 9.17) is 27.9 Å². The molecular weight excluding hydrogens is 273 g/mol. The highest BCUT2D eigenvalue weighted by molar-refractivity contribution is 6.54. The van der Waals surface area contributed by atoms with Gasteiger partial charge in [0, 0.05) is 5.56 Å². The van der Waals surface area contributed by atoms with Gasteiger partial charge >= 0.3 is 5.97 Å². The minimum absolute atomic E-state index is 0.219. The number of ether oxygens (including phenoxy) is 1. The zero-order chi connectivity index (χ0) is 13.3. The number of benzene rings is 1. The Morgan fingerprint density at radius 2 is 2.17 bits per heavy atom. The van der Waals surface area contributed by atoms with E-state index in [-0.39, 0.29) is 5.71 Å². The molecule has 1 heterocycles. The van der Waals surface area contributed by atoms with Crippen LogP contribution in [0.2, 0.25) is 5.02 Å². The van der Waals surface area contributed by atoms with Gasteiger partial charge in [0.25, 0.3) is 0 Å². The minimum atomic E-state index is -0.938. The quantitative estimate of drug-likeness (QED) is 0.625. The molecule has 5 heteroatoms. The zero-order valence-electron chi connectivity index (χ0n) is 10.2. The normalized spacial score (nSPS) is 21.4. The fourth-order valence-corrected chi connectivity index (χ4v) is 2.53. The smallest absolute Gasteiger partial charge is 0.354 e. The Kier molecular flexibility index (Phi) is 3.64. The molecule has 0 aliphatic carbocycles. The van der Waals surface area contributed by atoms with Gasteiger partial charge in [-0.2, -0.15) is 0 Å². The van der Waals surface area contributed by atoms with Gasteiger partial charge in [0.15, 0.2) is 5.71 Å². The Morgan fingerprint density at radius 3 is 2.78 bits per heavy atom. The van der Waals surface area contributed by atoms with Crippen molar-refractivity contribution in [2.45, 2.75) is 25.1 Å². The highest BCUT2D eigenvalue weighted by Crippen LogP contribution is 2.48. The SMILES string of the molecule is CCOC(=O)C1=Nc2c(Cl)cccc2C1(Cl)CC. The second kappa shape index (κ2) is 4.90. The number of rotatable bonds is 3. The summed E-state index contributed by atoms with van der Waals surface area (Å²) in [7, 11) is 0. The molecule has 0 spiro atoms. The number of halogens is 2. The molecule has 1 aliphatic rings. The van der Waals surface area contributed by atoms with Crippen molar-refractivity contribution in [3.63, 3.8) is 0 Å². The van der Waals surface area contributed by atoms with E-state index in [1.807, 2.05) is 13.0 Å². The largest absolute Gasteiger partial charge is 0.461 e. The van der Waals surface area contributed by atoms with Crippen LogP contribution in [-0.2, 0) is 14.4 Å². The first-order chi connectivity index (χ1) is 8.54. The van der Waals surface area contributed by atoms with Gasteiger partial charge in [0.1, 0.15) is 4.87 Å². The van der Waals surface area contributed by atoms with Crippen molar-refractivity contribution in [2.24, 2.45) is 4.99 Å². The molecule has 1 atom stereocenters. The molecule has 1 aliphatic heterocycles. The van der Waals surface area contributed by atoms with Gasteiger partial charge in [-0.15, -0.1) is 11.6 Å². The number of hydrogen-bond acceptors (Lipinski definition) is 3. The van der Waals surface area contributed by atoms with Crippen molar-refractivity contribution < 1.29 is 9.53 Å². The van der Waals surface area contributed by atoms with Crippen LogP contribution >= 0.6 is 23.2 Å². The van der Waals surface area contributed by atoms with Crippen molar-refractivity contribution >= 4 is 40.6 Å². The fraction of sp³-hybridized carbons (Fsp3) is 0.385. The lowest BCUT2D eigenvalue weighted by Gasteiger charge is -2.22. The van der Waals surface area contributed by atoms with Crippen LogP contribution in [0.5, 0.6) is 0 Å². The number of esters is 1. The van der Waals surface area contributed by atoms with Gasteiger partial charge in [-0.3, -0.25) is 0 Å². The molecule has 0 amide bonds. The third kappa shape index (κ3) is 1.91. The van der Waals surface area contributed by atoms with E-state index >= 15 is 0 Å². The predicted molar refractivity (Wildman–Crippen MR) is 73.0 cm³/mol. The first-order valence-electron chi connectivity index (χ1n) is 5.78. The maximum atomic E-state index is 11.9. The van der Waals surface area contributed by atoms with E-state index in [9.17, 15) is 4.79 Å². The number of nitrogens with zero attached hydrogens (tertiary/aromatic N) is 1. The molecule has 1 aromatic carbocycles. The molecule has 0 saturated heterocycles. The standard InChI is InChI=1S/C13H13Cl2NO2/c1-3-13(15)8-6-5-7-9(14)10(8)16-11(13)12(17)18-4-2/h5-7H,3-4H2,1-2H3. The molecule has 0 saturated carbocycles. The third-order valence-corrected chi connectivity index (χ3v) is 3.92. The van der Waals surface area contributed by atoms with Gasteiger partial charge in [-0.25, -0.2) is 9.79 Å². The summed E-state index contributed by atoms with van der Waals surface area (Å²) in [6.07, 6.45) is 0.541. The van der Waals surface area contributed by atoms with Crippen LogP contribution in [0.1, 0.15) is 25.8 Å². The first-order valence-corrected chi connectivity index (χ1v) is 6.54. The summed E-state index contributed by atoms with van der Waals surface area (Å²) in [5.74, 6) is -0.485. The van der Waals surface area contributed by atoms with Crippen LogP contribution < -0.4 is 0 Å². The van der Waals surface area contributed by atoms with E-state index in [0.29, 0.717) is 23.7 Å². The van der Waals surface area contributed by atoms with Crippen LogP contribution in [0, 0.1) is 0 Å². The van der Waals surface area contributed by atoms with Gasteiger partial charge in [-0.05, 0) is 19.4 Å². The van der Waals surface area contributed by atoms with Crippen LogP contribution in [0.3, 0.4) is 0 Å². The maximum Gasteiger partial charge on any atom is 0.354 e. The zero-order valence-corrected chi connectivity index (χ0v) is 11.7. The molecule has 2 rings (SSSR count). The molecule has 0 aromatic heterocycles. The number of carbonyl (C=O) groups is 1. The topological polar surface area (TPSA) is 38.7 Å². The molecular formula is C13H13Cl2NO2. The summed E-state index contributed by atoms with van der Waals surface area (Å²) < 4.78 is 5.00. The number of carbonyl (C=O) groups excluding carboxylic acids is 1. The molecule has 0 radical (unpaired) electrons. The van der Waals surface area contributed by atoms with Gasteiger partial charge in [-0.1, -0.05) is 30.7 Å². The first kappa shape index (κ1) is 13.4. The molecule has 0 fully saturated rings. The van der Waals surface area contributed by atoms with Crippen LogP contribution in [0.15, 0.2) is 23.2 Å². The van der Waals surface area contributed by atoms with Gasteiger partial charge in [0.2, 0.25) is 0 Å². The van der Waals surface area contributed by atoms with Crippen LogP contribution in [0.25, 0.3) is 0 Å². The van der Waals surface area contributed by atoms with Crippen molar-refractivity contribution in [1.29, 1.82) is 0 Å². The summed E-state index contributed by atoms with van der Waals surface area (Å²) >= 11 is 12.6. The average molecular weight is 286 g/mol. The van der Waals surface area contributed by atoms with E-state index in [0.717, 1.165) is 5.56 Å². The molecule has 0 N–H and O–H groups in total. The second-order valence-corrected chi connectivity index (χ2v) is 5.02. The Labute approximate surface area is 116 Å². The summed E-state index contributed by atoms with van der Waals surface area (Å²) in [5, 5.41) is 0.491. The minimum Gasteiger partial charge on any atom is -0.461 e. The Bertz CT molecular complexity index is 528. The van der Waals surface area contributed by atoms with Crippen molar-refractivity contribution in [3.05, 3.63) is 28.8 Å². The van der Waals surface area contributed by atoms with Crippen molar-refractivity contribution in [2.75, 3.05) is 6.61 Å². The van der Waals surface area contributed by atoms with E-state index in [1.54, 1.807) is 19.1 Å². The monoisotopic (exact) mass is 285 g/mol. The third-order valence-electron chi connectivity index (χ3n) is 2.97. The van der Waals surface area contributed by atoms with Crippen molar-refractivity contribution in [1.82, 2.24) is 0 Å². The maximum absolute atomic E-state index is 11.9. The highest BCUT2D eigenvalue weighted by Gasteiger charge is 2.45. The Hall–Kier alpha value is -1.06. The number of hydrogen-bond donors (Lipinski definition) is 0. The Morgan fingerprint density at radius 1 is 1.44 bits per heavy atom. The summed E-state index contributed by atoms with van der Waals surface area (Å²) in [6, 6.07) is 5.37. The lowest BCUT2D eigenvalue weighted by molar-refractivity contribution is -0.135. The van der Waals surface area contributed by atoms with E-state index in [1.165, 1.54) is 0 Å². The highest BCUT2D eigenvalue weighted by atomic mass is 35.5. The predicted octanol–water partition coefficient (Wildman–Crippen LogP) is 3.83. The lowest BCUT2D eigenvalue weighted by atomic mass is 9.92. The van der Waals surface area contributed by atoms with Gasteiger partial charge < -0.3 is 4.74 Å². The van der Waals surface area contributed by atoms with E-state index < -0.39 is 10.8 Å². The molecule has 18 heavy (non-hydrogen) atoms. The summed E-state index contributed by atoms with van der Waals surface area (Å²) in [4.78, 5) is 15.3. The average Bonchev–Trinajstić information content (AvgIpc) is 2.66. The number of alkyl halides is 1. The second-order valence-electron chi connectivity index (χ2n) is 3.97. The number of aliphatic imine (C=N–C) groups is 1. The van der Waals surface area contributed by atoms with Gasteiger partial charge in [0.05, 0.1) is 17.3 Å². The van der Waals surface area contributed by atoms with E-state index in [2.05, 4.69) is 4.99 Å². The molecule has 1 aromatic rings. The summed E-state index contributed by atoms with van der Waals surface area (Å²) in [5.41, 5.74) is 1.55. The van der Waals surface area contributed by atoms with Crippen molar-refractivity contribution in [3.8, 4) is 0 Å². The lowest BCUT2D eigenvalue weighted by Crippen LogP contribution is -2.33. The molecule has 96 valence electrons. The summed E-state index contributed by atoms with van der Waals surface area (Å²) in [6.45, 7) is 3.94. The van der Waals surface area contributed by atoms with Crippen LogP contribution in [-0.4, -0.2) is 18.3 Å². The Balaban J connectivity index is 2.54. The fourth-order valence-electron chi connectivity index (χ4n) is 2.04. The molecule has 1 unspecified atom stereocenters.